The molecule has 0 radical (unpaired) electrons. The van der Waals surface area contributed by atoms with Crippen molar-refractivity contribution < 1.29 is 9.72 Å². The van der Waals surface area contributed by atoms with Gasteiger partial charge in [-0.25, -0.2) is 0 Å². The van der Waals surface area contributed by atoms with E-state index in [0.29, 0.717) is 30.5 Å². The fraction of sp³-hybridized carbons (Fsp3) is 0.696. The Morgan fingerprint density at radius 2 is 2.00 bits per heavy atom. The first-order valence-corrected chi connectivity index (χ1v) is 13.1. The summed E-state index contributed by atoms with van der Waals surface area (Å²) in [7, 11) is 1.84. The average Bonchev–Trinajstić information content (AvgIpc) is 3.26. The first kappa shape index (κ1) is 23.8. The topological polar surface area (TPSA) is 99.1 Å². The maximum absolute atomic E-state index is 13.4. The minimum atomic E-state index is -0.501. The molecule has 2 unspecified atom stereocenters. The highest BCUT2D eigenvalue weighted by molar-refractivity contribution is 9.10. The summed E-state index contributed by atoms with van der Waals surface area (Å²) in [6, 6.07) is 0. The Balaban J connectivity index is 1.39. The Hall–Kier alpha value is -1.94. The van der Waals surface area contributed by atoms with Crippen LogP contribution in [-0.2, 0) is 23.4 Å². The third kappa shape index (κ3) is 3.86. The molecular formula is C23H30BrClN6O3. The van der Waals surface area contributed by atoms with Crippen LogP contribution in [0.4, 0.5) is 5.82 Å². The van der Waals surface area contributed by atoms with E-state index in [-0.39, 0.29) is 27.7 Å². The molecule has 4 aliphatic rings. The van der Waals surface area contributed by atoms with Crippen molar-refractivity contribution in [2.45, 2.75) is 77.4 Å². The van der Waals surface area contributed by atoms with Crippen LogP contribution in [-0.4, -0.2) is 42.3 Å². The van der Waals surface area contributed by atoms with E-state index in [2.05, 4.69) is 26.1 Å². The van der Waals surface area contributed by atoms with E-state index < -0.39 is 4.92 Å². The van der Waals surface area contributed by atoms with E-state index in [9.17, 15) is 14.9 Å². The Morgan fingerprint density at radius 3 is 2.56 bits per heavy atom. The van der Waals surface area contributed by atoms with Crippen LogP contribution in [0.25, 0.3) is 0 Å². The highest BCUT2D eigenvalue weighted by Gasteiger charge is 2.61. The summed E-state index contributed by atoms with van der Waals surface area (Å²) in [6.45, 7) is 5.09. The van der Waals surface area contributed by atoms with Gasteiger partial charge < -0.3 is 15.0 Å². The minimum absolute atomic E-state index is 0.102. The highest BCUT2D eigenvalue weighted by atomic mass is 79.9. The molecule has 4 fully saturated rings. The molecule has 2 heterocycles. The molecule has 0 saturated heterocycles. The molecule has 0 aliphatic heterocycles. The van der Waals surface area contributed by atoms with Crippen LogP contribution in [0, 0.1) is 34.3 Å². The van der Waals surface area contributed by atoms with Gasteiger partial charge in [-0.3, -0.25) is 9.48 Å². The lowest BCUT2D eigenvalue weighted by molar-refractivity contribution is -0.389. The van der Waals surface area contributed by atoms with Crippen molar-refractivity contribution in [2.24, 2.45) is 17.3 Å². The lowest BCUT2D eigenvalue weighted by atomic mass is 9.46. The number of nitrogens with zero attached hydrogens (tertiary/aromatic N) is 6. The lowest BCUT2D eigenvalue weighted by Gasteiger charge is -2.61. The molecule has 1 amide bonds. The van der Waals surface area contributed by atoms with Crippen molar-refractivity contribution in [1.82, 2.24) is 24.5 Å². The summed E-state index contributed by atoms with van der Waals surface area (Å²) in [5.74, 6) is 0.874. The van der Waals surface area contributed by atoms with Crippen molar-refractivity contribution in [3.63, 3.8) is 0 Å². The summed E-state index contributed by atoms with van der Waals surface area (Å²) in [4.78, 5) is 26.2. The number of halogens is 2. The van der Waals surface area contributed by atoms with Gasteiger partial charge in [0, 0.05) is 26.2 Å². The van der Waals surface area contributed by atoms with E-state index >= 15 is 0 Å². The van der Waals surface area contributed by atoms with Gasteiger partial charge in [-0.2, -0.15) is 9.78 Å². The number of nitro groups is 1. The molecule has 0 aromatic carbocycles. The number of carbonyl (C=O) groups is 1. The minimum Gasteiger partial charge on any atom is -0.358 e. The van der Waals surface area contributed by atoms with E-state index in [1.807, 2.05) is 36.5 Å². The Bertz CT molecular complexity index is 1150. The zero-order chi connectivity index (χ0) is 24.4. The number of carbonyl (C=O) groups excluding carboxylic acids is 1. The molecular weight excluding hydrogens is 524 g/mol. The SMILES string of the molecule is CCn1cc(Br)c(CN(C)C(=O)CC23CC4CC(C2)CC(n2nc([N+](=O)[O-])c(Cl)c2C)(C4)C3)n1. The fourth-order valence-corrected chi connectivity index (χ4v) is 8.01. The third-order valence-electron chi connectivity index (χ3n) is 8.25. The summed E-state index contributed by atoms with van der Waals surface area (Å²) < 4.78 is 4.62. The van der Waals surface area contributed by atoms with Crippen LogP contribution in [0.3, 0.4) is 0 Å². The molecule has 9 nitrogen and oxygen atoms in total. The van der Waals surface area contributed by atoms with Gasteiger partial charge >= 0.3 is 5.82 Å². The molecule has 4 bridgehead atoms. The summed E-state index contributed by atoms with van der Waals surface area (Å²) in [5, 5.41) is 20.6. The zero-order valence-electron chi connectivity index (χ0n) is 19.8. The Morgan fingerprint density at radius 1 is 1.32 bits per heavy atom. The fourth-order valence-electron chi connectivity index (χ4n) is 7.38. The van der Waals surface area contributed by atoms with Crippen molar-refractivity contribution in [3.8, 4) is 0 Å². The molecule has 2 atom stereocenters. The van der Waals surface area contributed by atoms with Gasteiger partial charge in [0.05, 0.1) is 33.0 Å². The van der Waals surface area contributed by atoms with E-state index in [0.717, 1.165) is 48.8 Å². The monoisotopic (exact) mass is 552 g/mol. The number of hydrogen-bond donors (Lipinski definition) is 0. The maximum Gasteiger partial charge on any atom is 0.408 e. The van der Waals surface area contributed by atoms with Crippen molar-refractivity contribution in [1.29, 1.82) is 0 Å². The largest absolute Gasteiger partial charge is 0.408 e. The number of aromatic nitrogens is 4. The first-order valence-electron chi connectivity index (χ1n) is 11.9. The maximum atomic E-state index is 13.4. The molecule has 0 spiro atoms. The predicted molar refractivity (Wildman–Crippen MR) is 130 cm³/mol. The average molecular weight is 554 g/mol. The molecule has 4 saturated carbocycles. The quantitative estimate of drug-likeness (QED) is 0.352. The van der Waals surface area contributed by atoms with Crippen LogP contribution < -0.4 is 0 Å². The smallest absolute Gasteiger partial charge is 0.358 e. The third-order valence-corrected chi connectivity index (χ3v) is 9.36. The molecule has 184 valence electrons. The molecule has 2 aromatic heterocycles. The van der Waals surface area contributed by atoms with E-state index in [1.165, 1.54) is 6.42 Å². The number of aryl methyl sites for hydroxylation is 1. The zero-order valence-corrected chi connectivity index (χ0v) is 22.1. The number of amides is 1. The summed E-state index contributed by atoms with van der Waals surface area (Å²) >= 11 is 9.87. The van der Waals surface area contributed by atoms with Gasteiger partial charge in [0.1, 0.15) is 0 Å². The molecule has 4 aliphatic carbocycles. The Kier molecular flexibility index (Phi) is 5.82. The lowest BCUT2D eigenvalue weighted by Crippen LogP contribution is -2.58. The molecule has 34 heavy (non-hydrogen) atoms. The standard InChI is InChI=1S/C23H30BrClN6O3/c1-4-29-11-17(24)18(26-29)12-28(3)19(32)10-22-6-15-5-16(7-22)9-23(8-15,13-22)30-14(2)20(25)21(27-30)31(33)34/h11,15-16H,4-10,12-13H2,1-3H3. The van der Waals surface area contributed by atoms with Gasteiger partial charge in [0.25, 0.3) is 0 Å². The van der Waals surface area contributed by atoms with E-state index in [4.69, 9.17) is 11.6 Å². The Labute approximate surface area is 212 Å². The van der Waals surface area contributed by atoms with Crippen LogP contribution in [0.1, 0.15) is 63.3 Å². The second-order valence-electron chi connectivity index (χ2n) is 10.8. The summed E-state index contributed by atoms with van der Waals surface area (Å²) in [6.07, 6.45) is 8.39. The normalized spacial score (nSPS) is 29.6. The molecule has 2 aromatic rings. The molecule has 11 heteroatoms. The van der Waals surface area contributed by atoms with E-state index in [1.54, 1.807) is 4.90 Å². The molecule has 0 N–H and O–H groups in total. The van der Waals surface area contributed by atoms with Crippen molar-refractivity contribution in [2.75, 3.05) is 7.05 Å². The second-order valence-corrected chi connectivity index (χ2v) is 12.0. The first-order chi connectivity index (χ1) is 16.0. The number of rotatable bonds is 7. The van der Waals surface area contributed by atoms with Gasteiger partial charge in [0.2, 0.25) is 5.91 Å². The van der Waals surface area contributed by atoms with Crippen LogP contribution in [0.15, 0.2) is 10.7 Å². The van der Waals surface area contributed by atoms with Crippen molar-refractivity contribution >= 4 is 39.3 Å². The van der Waals surface area contributed by atoms with Gasteiger partial charge in [-0.15, -0.1) is 0 Å². The van der Waals surface area contributed by atoms with Gasteiger partial charge in [-0.05, 0) is 90.5 Å². The second kappa shape index (κ2) is 8.33. The van der Waals surface area contributed by atoms with Gasteiger partial charge in [-0.1, -0.05) is 11.6 Å². The van der Waals surface area contributed by atoms with Gasteiger partial charge in [0.15, 0.2) is 5.02 Å². The van der Waals surface area contributed by atoms with Crippen LogP contribution in [0.5, 0.6) is 0 Å². The predicted octanol–water partition coefficient (Wildman–Crippen LogP) is 5.08. The van der Waals surface area contributed by atoms with Crippen molar-refractivity contribution in [3.05, 3.63) is 37.2 Å². The molecule has 6 rings (SSSR count). The summed E-state index contributed by atoms with van der Waals surface area (Å²) in [5.41, 5.74) is 1.11. The highest BCUT2D eigenvalue weighted by Crippen LogP contribution is 2.65. The van der Waals surface area contributed by atoms with Crippen LogP contribution in [0.2, 0.25) is 5.02 Å². The number of hydrogen-bond acceptors (Lipinski definition) is 5. The van der Waals surface area contributed by atoms with Crippen LogP contribution >= 0.6 is 27.5 Å².